The van der Waals surface area contributed by atoms with E-state index in [0.29, 0.717) is 12.4 Å². The van der Waals surface area contributed by atoms with E-state index in [1.165, 1.54) is 18.2 Å². The van der Waals surface area contributed by atoms with Crippen molar-refractivity contribution in [2.24, 2.45) is 5.41 Å². The monoisotopic (exact) mass is 271 g/mol. The van der Waals surface area contributed by atoms with Crippen LogP contribution in [0.15, 0.2) is 18.2 Å². The highest BCUT2D eigenvalue weighted by atomic mass is 35.5. The summed E-state index contributed by atoms with van der Waals surface area (Å²) in [6, 6.07) is 4.19. The maximum absolute atomic E-state index is 11.9. The van der Waals surface area contributed by atoms with Gasteiger partial charge in [0.2, 0.25) is 0 Å². The predicted molar refractivity (Wildman–Crippen MR) is 71.2 cm³/mol. The molecule has 18 heavy (non-hydrogen) atoms. The van der Waals surface area contributed by atoms with Gasteiger partial charge in [-0.15, -0.1) is 11.6 Å². The van der Waals surface area contributed by atoms with Gasteiger partial charge in [-0.2, -0.15) is 0 Å². The molecule has 1 rings (SSSR count). The van der Waals surface area contributed by atoms with E-state index in [9.17, 15) is 15.0 Å². The van der Waals surface area contributed by atoms with Gasteiger partial charge in [-0.1, -0.05) is 19.9 Å². The van der Waals surface area contributed by atoms with Crippen LogP contribution in [0.5, 0.6) is 11.5 Å². The second-order valence-electron chi connectivity index (χ2n) is 4.96. The normalized spacial score (nSPS) is 11.3. The number of hydrogen-bond donors (Lipinski definition) is 3. The molecule has 1 aromatic rings. The molecular weight excluding hydrogens is 254 g/mol. The van der Waals surface area contributed by atoms with E-state index >= 15 is 0 Å². The van der Waals surface area contributed by atoms with Crippen LogP contribution >= 0.6 is 11.6 Å². The van der Waals surface area contributed by atoms with E-state index in [-0.39, 0.29) is 22.5 Å². The molecule has 1 amide bonds. The summed E-state index contributed by atoms with van der Waals surface area (Å²) in [5.41, 5.74) is -0.226. The Hall–Kier alpha value is -1.42. The molecule has 0 fully saturated rings. The lowest BCUT2D eigenvalue weighted by Crippen LogP contribution is -2.34. The van der Waals surface area contributed by atoms with Crippen molar-refractivity contribution in [2.45, 2.75) is 20.3 Å². The van der Waals surface area contributed by atoms with E-state index in [0.717, 1.165) is 6.42 Å². The summed E-state index contributed by atoms with van der Waals surface area (Å²) in [4.78, 5) is 11.9. The van der Waals surface area contributed by atoms with Gasteiger partial charge in [-0.25, -0.2) is 0 Å². The van der Waals surface area contributed by atoms with Crippen molar-refractivity contribution in [1.29, 1.82) is 0 Å². The van der Waals surface area contributed by atoms with Gasteiger partial charge >= 0.3 is 0 Å². The fourth-order valence-corrected chi connectivity index (χ4v) is 2.02. The Morgan fingerprint density at radius 3 is 2.39 bits per heavy atom. The minimum absolute atomic E-state index is 0.0980. The molecule has 0 aromatic heterocycles. The number of carbonyl (C=O) groups is 1. The zero-order valence-corrected chi connectivity index (χ0v) is 11.3. The van der Waals surface area contributed by atoms with Crippen molar-refractivity contribution in [3.8, 4) is 11.5 Å². The molecule has 0 saturated heterocycles. The van der Waals surface area contributed by atoms with Crippen molar-refractivity contribution < 1.29 is 15.0 Å². The van der Waals surface area contributed by atoms with Gasteiger partial charge in [0, 0.05) is 12.4 Å². The first-order valence-corrected chi connectivity index (χ1v) is 6.26. The molecule has 4 nitrogen and oxygen atoms in total. The number of phenolic OH excluding ortho intramolecular Hbond substituents is 2. The van der Waals surface area contributed by atoms with Gasteiger partial charge in [0.1, 0.15) is 17.1 Å². The standard InChI is InChI=1S/C13H18ClNO3/c1-13(2,6-7-14)8-15-12(18)11-9(16)4-3-5-10(11)17/h3-5,16-17H,6-8H2,1-2H3,(H,15,18). The second-order valence-corrected chi connectivity index (χ2v) is 5.34. The molecule has 0 aliphatic heterocycles. The third-order valence-corrected chi connectivity index (χ3v) is 2.94. The summed E-state index contributed by atoms with van der Waals surface area (Å²) in [7, 11) is 0. The van der Waals surface area contributed by atoms with Crippen LogP contribution in [0.2, 0.25) is 0 Å². The molecule has 3 N–H and O–H groups in total. The molecule has 100 valence electrons. The van der Waals surface area contributed by atoms with Gasteiger partial charge in [0.15, 0.2) is 0 Å². The first-order valence-electron chi connectivity index (χ1n) is 5.72. The predicted octanol–water partition coefficient (Wildman–Crippen LogP) is 2.48. The smallest absolute Gasteiger partial charge is 0.258 e. The third-order valence-electron chi connectivity index (χ3n) is 2.75. The molecular formula is C13H18ClNO3. The average molecular weight is 272 g/mol. The van der Waals surface area contributed by atoms with Crippen molar-refractivity contribution in [2.75, 3.05) is 12.4 Å². The van der Waals surface area contributed by atoms with Gasteiger partial charge in [-0.05, 0) is 24.0 Å². The first-order chi connectivity index (χ1) is 8.37. The number of amides is 1. The Bertz CT molecular complexity index is 412. The maximum Gasteiger partial charge on any atom is 0.258 e. The topological polar surface area (TPSA) is 69.6 Å². The van der Waals surface area contributed by atoms with E-state index < -0.39 is 5.91 Å². The largest absolute Gasteiger partial charge is 0.507 e. The van der Waals surface area contributed by atoms with E-state index in [4.69, 9.17) is 11.6 Å². The molecule has 0 bridgehead atoms. The van der Waals surface area contributed by atoms with Gasteiger partial charge < -0.3 is 15.5 Å². The zero-order chi connectivity index (χ0) is 13.8. The fraction of sp³-hybridized carbons (Fsp3) is 0.462. The molecule has 0 heterocycles. The van der Waals surface area contributed by atoms with E-state index in [1.54, 1.807) is 0 Å². The Kier molecular flexibility index (Phi) is 4.84. The Balaban J connectivity index is 2.72. The van der Waals surface area contributed by atoms with Crippen LogP contribution in [0.4, 0.5) is 0 Å². The number of carbonyl (C=O) groups excluding carboxylic acids is 1. The highest BCUT2D eigenvalue weighted by Crippen LogP contribution is 2.26. The van der Waals surface area contributed by atoms with Crippen molar-refractivity contribution in [3.05, 3.63) is 23.8 Å². The number of halogens is 1. The van der Waals surface area contributed by atoms with Crippen LogP contribution in [-0.2, 0) is 0 Å². The Morgan fingerprint density at radius 1 is 1.33 bits per heavy atom. The third kappa shape index (κ3) is 3.81. The highest BCUT2D eigenvalue weighted by molar-refractivity contribution is 6.17. The van der Waals surface area contributed by atoms with Crippen LogP contribution in [0.25, 0.3) is 0 Å². The Morgan fingerprint density at radius 2 is 1.89 bits per heavy atom. The molecule has 0 unspecified atom stereocenters. The lowest BCUT2D eigenvalue weighted by Gasteiger charge is -2.23. The molecule has 1 aromatic carbocycles. The number of hydrogen-bond acceptors (Lipinski definition) is 3. The maximum atomic E-state index is 11.9. The number of aromatic hydroxyl groups is 2. The van der Waals surface area contributed by atoms with Crippen molar-refractivity contribution in [1.82, 2.24) is 5.32 Å². The summed E-state index contributed by atoms with van der Waals surface area (Å²) in [5, 5.41) is 21.8. The van der Waals surface area contributed by atoms with Crippen LogP contribution in [0.3, 0.4) is 0 Å². The second kappa shape index (κ2) is 5.96. The molecule has 5 heteroatoms. The Labute approximate surface area is 112 Å². The first kappa shape index (κ1) is 14.6. The van der Waals surface area contributed by atoms with Crippen LogP contribution in [0.1, 0.15) is 30.6 Å². The van der Waals surface area contributed by atoms with Gasteiger partial charge in [-0.3, -0.25) is 4.79 Å². The summed E-state index contributed by atoms with van der Waals surface area (Å²) in [5.74, 6) is -0.441. The highest BCUT2D eigenvalue weighted by Gasteiger charge is 2.21. The number of rotatable bonds is 5. The minimum Gasteiger partial charge on any atom is -0.507 e. The lowest BCUT2D eigenvalue weighted by molar-refractivity contribution is 0.0930. The molecule has 0 aliphatic carbocycles. The van der Waals surface area contributed by atoms with Crippen molar-refractivity contribution in [3.63, 3.8) is 0 Å². The summed E-state index contributed by atoms with van der Waals surface area (Å²) in [6.07, 6.45) is 0.765. The van der Waals surface area contributed by atoms with E-state index in [2.05, 4.69) is 5.32 Å². The zero-order valence-electron chi connectivity index (χ0n) is 10.5. The average Bonchev–Trinajstić information content (AvgIpc) is 2.26. The van der Waals surface area contributed by atoms with Crippen LogP contribution in [-0.4, -0.2) is 28.5 Å². The van der Waals surface area contributed by atoms with E-state index in [1.807, 2.05) is 13.8 Å². The SMILES string of the molecule is CC(C)(CCCl)CNC(=O)c1c(O)cccc1O. The quantitative estimate of drug-likeness (QED) is 0.721. The van der Waals surface area contributed by atoms with Crippen LogP contribution in [0, 0.1) is 5.41 Å². The molecule has 0 radical (unpaired) electrons. The summed E-state index contributed by atoms with van der Waals surface area (Å²) >= 11 is 5.68. The van der Waals surface area contributed by atoms with Gasteiger partial charge in [0.05, 0.1) is 0 Å². The summed E-state index contributed by atoms with van der Waals surface area (Å²) in [6.45, 7) is 4.40. The van der Waals surface area contributed by atoms with Crippen molar-refractivity contribution >= 4 is 17.5 Å². The molecule has 0 spiro atoms. The number of alkyl halides is 1. The lowest BCUT2D eigenvalue weighted by atomic mass is 9.90. The fourth-order valence-electron chi connectivity index (χ4n) is 1.51. The minimum atomic E-state index is -0.492. The summed E-state index contributed by atoms with van der Waals surface area (Å²) < 4.78 is 0. The molecule has 0 atom stereocenters. The van der Waals surface area contributed by atoms with Crippen LogP contribution < -0.4 is 5.32 Å². The number of phenols is 2. The number of nitrogens with one attached hydrogen (secondary N) is 1. The molecule has 0 saturated carbocycles. The number of benzene rings is 1. The molecule has 0 aliphatic rings. The van der Waals surface area contributed by atoms with Gasteiger partial charge in [0.25, 0.3) is 5.91 Å².